The smallest absolute Gasteiger partial charge is 0.371 e. The first-order valence-corrected chi connectivity index (χ1v) is 5.62. The topological polar surface area (TPSA) is 70.8 Å². The van der Waals surface area contributed by atoms with Crippen molar-refractivity contribution < 1.29 is 19.1 Å². The van der Waals surface area contributed by atoms with Crippen molar-refractivity contribution >= 4 is 11.9 Å². The molecule has 0 radical (unpaired) electrons. The van der Waals surface area contributed by atoms with Gasteiger partial charge in [-0.3, -0.25) is 4.79 Å². The quantitative estimate of drug-likeness (QED) is 0.846. The second-order valence-corrected chi connectivity index (χ2v) is 4.53. The molecule has 1 aromatic rings. The number of fused-ring (bicyclic) bond motifs is 1. The highest BCUT2D eigenvalue weighted by molar-refractivity contribution is 5.85. The molecule has 1 aliphatic rings. The van der Waals surface area contributed by atoms with Crippen molar-refractivity contribution in [3.05, 3.63) is 23.2 Å². The van der Waals surface area contributed by atoms with Gasteiger partial charge in [-0.25, -0.2) is 4.79 Å². The standard InChI is InChI=1S/C12H15NO4/c1-7(2)11(14)13-4-3-9-8(6-13)5-10(17-9)12(15)16/h5,7H,3-4,6H2,1-2H3,(H,15,16). The molecule has 0 saturated carbocycles. The lowest BCUT2D eigenvalue weighted by Crippen LogP contribution is -2.37. The monoisotopic (exact) mass is 237 g/mol. The minimum Gasteiger partial charge on any atom is -0.475 e. The van der Waals surface area contributed by atoms with E-state index in [1.807, 2.05) is 13.8 Å². The van der Waals surface area contributed by atoms with E-state index in [4.69, 9.17) is 9.52 Å². The van der Waals surface area contributed by atoms with Gasteiger partial charge in [0.2, 0.25) is 11.7 Å². The molecular formula is C12H15NO4. The Morgan fingerprint density at radius 2 is 2.18 bits per heavy atom. The van der Waals surface area contributed by atoms with Crippen LogP contribution in [0.1, 0.15) is 35.7 Å². The summed E-state index contributed by atoms with van der Waals surface area (Å²) in [6.07, 6.45) is 0.584. The normalized spacial score (nSPS) is 14.9. The number of nitrogens with zero attached hydrogens (tertiary/aromatic N) is 1. The van der Waals surface area contributed by atoms with Crippen LogP contribution in [0.5, 0.6) is 0 Å². The molecule has 1 N–H and O–H groups in total. The molecule has 1 aromatic heterocycles. The molecule has 0 saturated heterocycles. The Morgan fingerprint density at radius 3 is 2.76 bits per heavy atom. The maximum atomic E-state index is 11.8. The van der Waals surface area contributed by atoms with Crippen LogP contribution in [0.2, 0.25) is 0 Å². The molecule has 2 heterocycles. The Morgan fingerprint density at radius 1 is 1.47 bits per heavy atom. The van der Waals surface area contributed by atoms with Gasteiger partial charge in [-0.2, -0.15) is 0 Å². The highest BCUT2D eigenvalue weighted by Gasteiger charge is 2.26. The number of carbonyl (C=O) groups excluding carboxylic acids is 1. The van der Waals surface area contributed by atoms with E-state index in [9.17, 15) is 9.59 Å². The number of carboxylic acids is 1. The SMILES string of the molecule is CC(C)C(=O)N1CCc2oc(C(=O)O)cc2C1. The van der Waals surface area contributed by atoms with Crippen LogP contribution in [-0.2, 0) is 17.8 Å². The molecule has 5 heteroatoms. The molecule has 2 rings (SSSR count). The van der Waals surface area contributed by atoms with E-state index in [2.05, 4.69) is 0 Å². The Kier molecular flexibility index (Phi) is 2.92. The van der Waals surface area contributed by atoms with Gasteiger partial charge in [0.1, 0.15) is 5.76 Å². The van der Waals surface area contributed by atoms with Gasteiger partial charge in [0.25, 0.3) is 0 Å². The van der Waals surface area contributed by atoms with Crippen LogP contribution in [0.15, 0.2) is 10.5 Å². The van der Waals surface area contributed by atoms with Crippen LogP contribution in [0.4, 0.5) is 0 Å². The lowest BCUT2D eigenvalue weighted by molar-refractivity contribution is -0.135. The molecule has 0 bridgehead atoms. The van der Waals surface area contributed by atoms with E-state index >= 15 is 0 Å². The maximum absolute atomic E-state index is 11.8. The number of aromatic carboxylic acids is 1. The number of furan rings is 1. The van der Waals surface area contributed by atoms with Gasteiger partial charge >= 0.3 is 5.97 Å². The van der Waals surface area contributed by atoms with Gasteiger partial charge in [0.05, 0.1) is 0 Å². The minimum absolute atomic E-state index is 0.0394. The van der Waals surface area contributed by atoms with Crippen molar-refractivity contribution in [1.82, 2.24) is 4.90 Å². The summed E-state index contributed by atoms with van der Waals surface area (Å²) < 4.78 is 5.22. The number of rotatable bonds is 2. The number of amides is 1. The Labute approximate surface area is 99.0 Å². The van der Waals surface area contributed by atoms with Gasteiger partial charge in [-0.05, 0) is 6.07 Å². The van der Waals surface area contributed by atoms with Crippen molar-refractivity contribution in [2.45, 2.75) is 26.8 Å². The summed E-state index contributed by atoms with van der Waals surface area (Å²) in [6.45, 7) is 4.76. The molecule has 17 heavy (non-hydrogen) atoms. The lowest BCUT2D eigenvalue weighted by Gasteiger charge is -2.27. The molecule has 1 amide bonds. The number of carboxylic acid groups (broad SMARTS) is 1. The molecule has 92 valence electrons. The molecule has 0 atom stereocenters. The molecular weight excluding hydrogens is 222 g/mol. The summed E-state index contributed by atoms with van der Waals surface area (Å²) in [5, 5.41) is 8.82. The van der Waals surface area contributed by atoms with Crippen LogP contribution in [-0.4, -0.2) is 28.4 Å². The summed E-state index contributed by atoms with van der Waals surface area (Å²) in [7, 11) is 0. The highest BCUT2D eigenvalue weighted by Crippen LogP contribution is 2.23. The predicted molar refractivity (Wildman–Crippen MR) is 59.6 cm³/mol. The van der Waals surface area contributed by atoms with Crippen LogP contribution in [0.25, 0.3) is 0 Å². The molecule has 1 aliphatic heterocycles. The van der Waals surface area contributed by atoms with Crippen molar-refractivity contribution in [2.24, 2.45) is 5.92 Å². The zero-order chi connectivity index (χ0) is 12.6. The lowest BCUT2D eigenvalue weighted by atomic mass is 10.1. The third-order valence-electron chi connectivity index (χ3n) is 2.88. The van der Waals surface area contributed by atoms with Gasteiger partial charge in [0.15, 0.2) is 0 Å². The van der Waals surface area contributed by atoms with Crippen LogP contribution >= 0.6 is 0 Å². The van der Waals surface area contributed by atoms with Crippen LogP contribution in [0.3, 0.4) is 0 Å². The van der Waals surface area contributed by atoms with Gasteiger partial charge in [-0.1, -0.05) is 13.8 Å². The van der Waals surface area contributed by atoms with Crippen molar-refractivity contribution in [3.8, 4) is 0 Å². The average Bonchev–Trinajstić information content (AvgIpc) is 2.70. The number of hydrogen-bond acceptors (Lipinski definition) is 3. The first kappa shape index (κ1) is 11.7. The van der Waals surface area contributed by atoms with Crippen LogP contribution in [0, 0.1) is 5.92 Å². The fourth-order valence-corrected chi connectivity index (χ4v) is 1.99. The van der Waals surface area contributed by atoms with E-state index in [1.165, 1.54) is 6.07 Å². The largest absolute Gasteiger partial charge is 0.475 e. The third kappa shape index (κ3) is 2.18. The molecule has 0 spiro atoms. The highest BCUT2D eigenvalue weighted by atomic mass is 16.4. The first-order chi connectivity index (χ1) is 7.99. The van der Waals surface area contributed by atoms with Gasteiger partial charge in [0, 0.05) is 31.0 Å². The summed E-state index contributed by atoms with van der Waals surface area (Å²) in [6, 6.07) is 1.51. The second-order valence-electron chi connectivity index (χ2n) is 4.53. The zero-order valence-electron chi connectivity index (χ0n) is 9.90. The first-order valence-electron chi connectivity index (χ1n) is 5.62. The van der Waals surface area contributed by atoms with Gasteiger partial charge < -0.3 is 14.4 Å². The van der Waals surface area contributed by atoms with Gasteiger partial charge in [-0.15, -0.1) is 0 Å². The average molecular weight is 237 g/mol. The predicted octanol–water partition coefficient (Wildman–Crippen LogP) is 1.52. The molecule has 0 aromatic carbocycles. The number of carbonyl (C=O) groups is 2. The van der Waals surface area contributed by atoms with Crippen molar-refractivity contribution in [1.29, 1.82) is 0 Å². The van der Waals surface area contributed by atoms with E-state index in [1.54, 1.807) is 4.90 Å². The van der Waals surface area contributed by atoms with Crippen molar-refractivity contribution in [2.75, 3.05) is 6.54 Å². The fraction of sp³-hybridized carbons (Fsp3) is 0.500. The van der Waals surface area contributed by atoms with E-state index in [-0.39, 0.29) is 17.6 Å². The molecule has 5 nitrogen and oxygen atoms in total. The fourth-order valence-electron chi connectivity index (χ4n) is 1.99. The molecule has 0 aliphatic carbocycles. The molecule has 0 fully saturated rings. The Hall–Kier alpha value is -1.78. The van der Waals surface area contributed by atoms with Crippen LogP contribution < -0.4 is 0 Å². The second kappa shape index (κ2) is 4.24. The maximum Gasteiger partial charge on any atom is 0.371 e. The minimum atomic E-state index is -1.07. The molecule has 0 unspecified atom stereocenters. The third-order valence-corrected chi connectivity index (χ3v) is 2.88. The Bertz CT molecular complexity index is 461. The number of hydrogen-bond donors (Lipinski definition) is 1. The summed E-state index contributed by atoms with van der Waals surface area (Å²) in [5.74, 6) is -0.374. The van der Waals surface area contributed by atoms with Crippen molar-refractivity contribution in [3.63, 3.8) is 0 Å². The summed E-state index contributed by atoms with van der Waals surface area (Å²) >= 11 is 0. The van der Waals surface area contributed by atoms with E-state index in [0.717, 1.165) is 5.56 Å². The summed E-state index contributed by atoms with van der Waals surface area (Å²) in [4.78, 5) is 24.3. The summed E-state index contributed by atoms with van der Waals surface area (Å²) in [5.41, 5.74) is 0.808. The van der Waals surface area contributed by atoms with E-state index < -0.39 is 5.97 Å². The van der Waals surface area contributed by atoms with E-state index in [0.29, 0.717) is 25.3 Å². The zero-order valence-corrected chi connectivity index (χ0v) is 9.90. The Balaban J connectivity index is 2.19.